The summed E-state index contributed by atoms with van der Waals surface area (Å²) in [6, 6.07) is 7.30. The monoisotopic (exact) mass is 388 g/mol. The summed E-state index contributed by atoms with van der Waals surface area (Å²) in [5.41, 5.74) is 7.44. The lowest BCUT2D eigenvalue weighted by atomic mass is 10.1. The van der Waals surface area contributed by atoms with Gasteiger partial charge in [-0.15, -0.1) is 11.3 Å². The average molecular weight is 388 g/mol. The van der Waals surface area contributed by atoms with Gasteiger partial charge in [0.15, 0.2) is 0 Å². The van der Waals surface area contributed by atoms with Gasteiger partial charge in [-0.3, -0.25) is 9.59 Å². The largest absolute Gasteiger partial charge is 0.372 e. The van der Waals surface area contributed by atoms with Gasteiger partial charge in [-0.25, -0.2) is 4.98 Å². The first-order valence-corrected chi connectivity index (χ1v) is 9.80. The zero-order valence-corrected chi connectivity index (χ0v) is 16.3. The fourth-order valence-corrected chi connectivity index (χ4v) is 3.73. The van der Waals surface area contributed by atoms with E-state index in [1.54, 1.807) is 17.5 Å². The smallest absolute Gasteiger partial charge is 0.271 e. The molecule has 1 aromatic heterocycles. The van der Waals surface area contributed by atoms with Crippen molar-refractivity contribution in [3.8, 4) is 0 Å². The summed E-state index contributed by atoms with van der Waals surface area (Å²) in [6.07, 6.45) is 0.0790. The van der Waals surface area contributed by atoms with Crippen LogP contribution in [-0.2, 0) is 17.8 Å². The minimum atomic E-state index is -0.234. The molecule has 8 heteroatoms. The van der Waals surface area contributed by atoms with Crippen molar-refractivity contribution in [1.29, 1.82) is 0 Å². The number of carbonyl (C=O) groups excluding carboxylic acids is 2. The fraction of sp³-hybridized carbons (Fsp3) is 0.421. The third kappa shape index (κ3) is 4.91. The fourth-order valence-electron chi connectivity index (χ4n) is 3.07. The van der Waals surface area contributed by atoms with Crippen LogP contribution in [0.3, 0.4) is 0 Å². The van der Waals surface area contributed by atoms with E-state index in [-0.39, 0.29) is 24.0 Å². The van der Waals surface area contributed by atoms with Crippen LogP contribution in [0.1, 0.15) is 45.3 Å². The van der Waals surface area contributed by atoms with E-state index >= 15 is 0 Å². The second-order valence-electron chi connectivity index (χ2n) is 6.68. The van der Waals surface area contributed by atoms with Crippen LogP contribution < -0.4 is 11.1 Å². The highest BCUT2D eigenvalue weighted by Gasteiger charge is 2.26. The molecule has 0 bridgehead atoms. The molecule has 1 aromatic carbocycles. The molecule has 27 heavy (non-hydrogen) atoms. The van der Waals surface area contributed by atoms with E-state index in [2.05, 4.69) is 10.3 Å². The summed E-state index contributed by atoms with van der Waals surface area (Å²) in [4.78, 5) is 30.8. The molecule has 7 nitrogen and oxygen atoms in total. The van der Waals surface area contributed by atoms with Gasteiger partial charge < -0.3 is 20.7 Å². The molecule has 0 spiro atoms. The van der Waals surface area contributed by atoms with Crippen LogP contribution in [0.5, 0.6) is 0 Å². The van der Waals surface area contributed by atoms with Gasteiger partial charge in [0.1, 0.15) is 10.7 Å². The topological polar surface area (TPSA) is 97.6 Å². The van der Waals surface area contributed by atoms with Crippen LogP contribution in [0.4, 0.5) is 0 Å². The van der Waals surface area contributed by atoms with Crippen LogP contribution in [0, 0.1) is 0 Å². The van der Waals surface area contributed by atoms with Crippen molar-refractivity contribution in [3.63, 3.8) is 0 Å². The number of nitrogens with two attached hydrogens (primary N) is 1. The standard InChI is InChI=1S/C19H24N4O3S/c1-12-9-23(10-13(2)26-12)19(25)15-5-3-14(4-6-15)8-21-18(24)16-11-27-17(7-20)22-16/h3-6,11-13H,7-10,20H2,1-2H3,(H,21,24). The summed E-state index contributed by atoms with van der Waals surface area (Å²) >= 11 is 1.37. The molecule has 3 rings (SSSR count). The second-order valence-corrected chi connectivity index (χ2v) is 7.62. The lowest BCUT2D eigenvalue weighted by molar-refractivity contribution is -0.0586. The molecule has 144 valence electrons. The Kier molecular flexibility index (Phi) is 6.20. The van der Waals surface area contributed by atoms with Gasteiger partial charge in [0.2, 0.25) is 0 Å². The molecular formula is C19H24N4O3S. The maximum Gasteiger partial charge on any atom is 0.271 e. The van der Waals surface area contributed by atoms with Crippen LogP contribution in [0.2, 0.25) is 0 Å². The Balaban J connectivity index is 1.56. The third-order valence-electron chi connectivity index (χ3n) is 4.32. The maximum absolute atomic E-state index is 12.7. The molecule has 2 unspecified atom stereocenters. The highest BCUT2D eigenvalue weighted by atomic mass is 32.1. The summed E-state index contributed by atoms with van der Waals surface area (Å²) in [6.45, 7) is 5.84. The summed E-state index contributed by atoms with van der Waals surface area (Å²) < 4.78 is 5.68. The van der Waals surface area contributed by atoms with Crippen molar-refractivity contribution in [2.45, 2.75) is 39.1 Å². The first-order chi connectivity index (χ1) is 13.0. The first-order valence-electron chi connectivity index (χ1n) is 8.92. The second kappa shape index (κ2) is 8.60. The van der Waals surface area contributed by atoms with Crippen LogP contribution in [0.15, 0.2) is 29.6 Å². The molecule has 3 N–H and O–H groups in total. The molecule has 1 fully saturated rings. The van der Waals surface area contributed by atoms with E-state index in [1.165, 1.54) is 11.3 Å². The van der Waals surface area contributed by atoms with Gasteiger partial charge in [-0.05, 0) is 31.5 Å². The van der Waals surface area contributed by atoms with Gasteiger partial charge in [0, 0.05) is 37.1 Å². The number of carbonyl (C=O) groups is 2. The molecular weight excluding hydrogens is 364 g/mol. The van der Waals surface area contributed by atoms with Gasteiger partial charge in [0.05, 0.1) is 12.2 Å². The highest BCUT2D eigenvalue weighted by Crippen LogP contribution is 2.15. The minimum Gasteiger partial charge on any atom is -0.372 e. The first kappa shape index (κ1) is 19.5. The zero-order valence-electron chi connectivity index (χ0n) is 15.5. The number of thiazole rings is 1. The Labute approximate surface area is 162 Å². The molecule has 2 atom stereocenters. The van der Waals surface area contributed by atoms with E-state index in [1.807, 2.05) is 30.9 Å². The van der Waals surface area contributed by atoms with Crippen molar-refractivity contribution in [2.75, 3.05) is 13.1 Å². The normalized spacial score (nSPS) is 19.7. The van der Waals surface area contributed by atoms with Gasteiger partial charge in [-0.1, -0.05) is 12.1 Å². The lowest BCUT2D eigenvalue weighted by Gasteiger charge is -2.35. The molecule has 0 radical (unpaired) electrons. The summed E-state index contributed by atoms with van der Waals surface area (Å²) in [7, 11) is 0. The number of amides is 2. The number of rotatable bonds is 5. The Morgan fingerprint density at radius 3 is 2.52 bits per heavy atom. The van der Waals surface area contributed by atoms with Crippen LogP contribution in [-0.4, -0.2) is 47.0 Å². The molecule has 0 aliphatic carbocycles. The van der Waals surface area contributed by atoms with Crippen molar-refractivity contribution in [2.24, 2.45) is 5.73 Å². The minimum absolute atomic E-state index is 0.00405. The third-order valence-corrected chi connectivity index (χ3v) is 5.19. The molecule has 2 aromatic rings. The highest BCUT2D eigenvalue weighted by molar-refractivity contribution is 7.09. The van der Waals surface area contributed by atoms with E-state index in [0.717, 1.165) is 10.6 Å². The Morgan fingerprint density at radius 1 is 1.26 bits per heavy atom. The molecule has 1 saturated heterocycles. The van der Waals surface area contributed by atoms with Crippen molar-refractivity contribution in [3.05, 3.63) is 51.5 Å². The van der Waals surface area contributed by atoms with Crippen LogP contribution in [0.25, 0.3) is 0 Å². The Hall–Kier alpha value is -2.29. The van der Waals surface area contributed by atoms with Gasteiger partial charge in [-0.2, -0.15) is 0 Å². The number of hydrogen-bond donors (Lipinski definition) is 2. The van der Waals surface area contributed by atoms with E-state index < -0.39 is 0 Å². The van der Waals surface area contributed by atoms with Crippen LogP contribution >= 0.6 is 11.3 Å². The molecule has 0 saturated carbocycles. The van der Waals surface area contributed by atoms with Gasteiger partial charge >= 0.3 is 0 Å². The average Bonchev–Trinajstić information content (AvgIpc) is 3.14. The van der Waals surface area contributed by atoms with E-state index in [0.29, 0.717) is 37.4 Å². The number of benzene rings is 1. The number of nitrogens with one attached hydrogen (secondary N) is 1. The SMILES string of the molecule is CC1CN(C(=O)c2ccc(CNC(=O)c3csc(CN)n3)cc2)CC(C)O1. The summed E-state index contributed by atoms with van der Waals surface area (Å²) in [5, 5.41) is 5.26. The zero-order chi connectivity index (χ0) is 19.4. The number of morpholine rings is 1. The Bertz CT molecular complexity index is 796. The number of nitrogens with zero attached hydrogens (tertiary/aromatic N) is 2. The predicted molar refractivity (Wildman–Crippen MR) is 104 cm³/mol. The maximum atomic E-state index is 12.7. The molecule has 1 aliphatic rings. The number of aromatic nitrogens is 1. The van der Waals surface area contributed by atoms with E-state index in [4.69, 9.17) is 10.5 Å². The number of ether oxygens (including phenoxy) is 1. The Morgan fingerprint density at radius 2 is 1.93 bits per heavy atom. The molecule has 2 heterocycles. The van der Waals surface area contributed by atoms with Gasteiger partial charge in [0.25, 0.3) is 11.8 Å². The number of hydrogen-bond acceptors (Lipinski definition) is 6. The lowest BCUT2D eigenvalue weighted by Crippen LogP contribution is -2.48. The van der Waals surface area contributed by atoms with Crippen molar-refractivity contribution < 1.29 is 14.3 Å². The summed E-state index contributed by atoms with van der Waals surface area (Å²) in [5.74, 6) is -0.230. The van der Waals surface area contributed by atoms with Crippen molar-refractivity contribution in [1.82, 2.24) is 15.2 Å². The molecule has 2 amide bonds. The molecule has 1 aliphatic heterocycles. The quantitative estimate of drug-likeness (QED) is 0.814. The predicted octanol–water partition coefficient (Wildman–Crippen LogP) is 1.78. The van der Waals surface area contributed by atoms with E-state index in [9.17, 15) is 9.59 Å². The van der Waals surface area contributed by atoms with Crippen molar-refractivity contribution >= 4 is 23.2 Å².